The zero-order valence-electron chi connectivity index (χ0n) is 12.3. The van der Waals surface area contributed by atoms with Crippen LogP contribution in [0, 0.1) is 6.92 Å². The summed E-state index contributed by atoms with van der Waals surface area (Å²) < 4.78 is 7.08. The van der Waals surface area contributed by atoms with Crippen LogP contribution in [0.3, 0.4) is 0 Å². The summed E-state index contributed by atoms with van der Waals surface area (Å²) in [4.78, 5) is 8.59. The molecule has 0 amide bonds. The Bertz CT molecular complexity index is 781. The number of anilines is 2. The van der Waals surface area contributed by atoms with Gasteiger partial charge < -0.3 is 10.1 Å². The molecule has 1 N–H and O–H groups in total. The number of nitrogens with zero attached hydrogens (tertiary/aromatic N) is 4. The minimum atomic E-state index is 0.587. The van der Waals surface area contributed by atoms with Gasteiger partial charge in [0.1, 0.15) is 17.9 Å². The second kappa shape index (κ2) is 5.40. The molecular weight excluding hydrogens is 266 g/mol. The van der Waals surface area contributed by atoms with Gasteiger partial charge in [-0.3, -0.25) is 0 Å². The van der Waals surface area contributed by atoms with E-state index >= 15 is 0 Å². The molecule has 0 aliphatic heterocycles. The number of aryl methyl sites for hydroxylation is 2. The largest absolute Gasteiger partial charge is 0.495 e. The fourth-order valence-electron chi connectivity index (χ4n) is 2.19. The van der Waals surface area contributed by atoms with Gasteiger partial charge in [0.15, 0.2) is 0 Å². The van der Waals surface area contributed by atoms with Gasteiger partial charge in [0.05, 0.1) is 12.8 Å². The van der Waals surface area contributed by atoms with Crippen LogP contribution in [0.1, 0.15) is 18.2 Å². The highest BCUT2D eigenvalue weighted by Crippen LogP contribution is 2.28. The molecule has 2 aromatic heterocycles. The molecule has 0 saturated heterocycles. The highest BCUT2D eigenvalue weighted by molar-refractivity contribution is 5.66. The lowest BCUT2D eigenvalue weighted by Gasteiger charge is -2.13. The second-order valence-electron chi connectivity index (χ2n) is 4.79. The van der Waals surface area contributed by atoms with Gasteiger partial charge in [-0.05, 0) is 31.0 Å². The van der Waals surface area contributed by atoms with E-state index in [0.717, 1.165) is 34.9 Å². The van der Waals surface area contributed by atoms with Gasteiger partial charge in [-0.15, -0.1) is 0 Å². The molecule has 0 radical (unpaired) electrons. The molecule has 108 valence electrons. The number of rotatable bonds is 4. The van der Waals surface area contributed by atoms with Crippen molar-refractivity contribution in [3.05, 3.63) is 41.9 Å². The van der Waals surface area contributed by atoms with Crippen LogP contribution in [-0.4, -0.2) is 26.7 Å². The molecule has 3 aromatic rings. The Labute approximate surface area is 122 Å². The molecule has 1 aromatic carbocycles. The van der Waals surface area contributed by atoms with Crippen molar-refractivity contribution in [2.75, 3.05) is 12.4 Å². The first-order chi connectivity index (χ1) is 10.2. The second-order valence-corrected chi connectivity index (χ2v) is 4.79. The van der Waals surface area contributed by atoms with E-state index in [0.29, 0.717) is 5.78 Å². The highest BCUT2D eigenvalue weighted by atomic mass is 16.5. The average Bonchev–Trinajstić information content (AvgIpc) is 2.96. The Morgan fingerprint density at radius 2 is 2.14 bits per heavy atom. The SMILES string of the molecule is CCc1cc(Nc2cc(C)ccc2OC)n2ncnc2n1. The molecule has 0 bridgehead atoms. The minimum absolute atomic E-state index is 0.587. The van der Waals surface area contributed by atoms with E-state index in [-0.39, 0.29) is 0 Å². The summed E-state index contributed by atoms with van der Waals surface area (Å²) in [7, 11) is 1.66. The Morgan fingerprint density at radius 1 is 1.29 bits per heavy atom. The maximum absolute atomic E-state index is 5.40. The van der Waals surface area contributed by atoms with E-state index in [9.17, 15) is 0 Å². The summed E-state index contributed by atoms with van der Waals surface area (Å²) in [6, 6.07) is 7.97. The zero-order valence-corrected chi connectivity index (χ0v) is 12.3. The van der Waals surface area contributed by atoms with E-state index < -0.39 is 0 Å². The molecule has 0 unspecified atom stereocenters. The first-order valence-corrected chi connectivity index (χ1v) is 6.82. The van der Waals surface area contributed by atoms with Gasteiger partial charge >= 0.3 is 0 Å². The third kappa shape index (κ3) is 2.52. The number of hydrogen-bond donors (Lipinski definition) is 1. The molecule has 3 rings (SSSR count). The van der Waals surface area contributed by atoms with Crippen LogP contribution in [0.25, 0.3) is 5.78 Å². The Kier molecular flexibility index (Phi) is 3.43. The number of hydrogen-bond acceptors (Lipinski definition) is 5. The average molecular weight is 283 g/mol. The molecule has 0 spiro atoms. The Hall–Kier alpha value is -2.63. The van der Waals surface area contributed by atoms with Crippen molar-refractivity contribution in [3.63, 3.8) is 0 Å². The van der Waals surface area contributed by atoms with Crippen molar-refractivity contribution in [1.82, 2.24) is 19.6 Å². The summed E-state index contributed by atoms with van der Waals surface area (Å²) in [6.07, 6.45) is 2.34. The standard InChI is InChI=1S/C15H17N5O/c1-4-11-8-14(20-15(18-11)16-9-17-20)19-12-7-10(2)5-6-13(12)21-3/h5-9,19H,4H2,1-3H3. The van der Waals surface area contributed by atoms with Crippen molar-refractivity contribution >= 4 is 17.3 Å². The summed E-state index contributed by atoms with van der Waals surface area (Å²) in [6.45, 7) is 4.10. The quantitative estimate of drug-likeness (QED) is 0.797. The maximum atomic E-state index is 5.40. The van der Waals surface area contributed by atoms with Crippen LogP contribution < -0.4 is 10.1 Å². The van der Waals surface area contributed by atoms with Gasteiger partial charge in [-0.25, -0.2) is 4.98 Å². The van der Waals surface area contributed by atoms with E-state index in [4.69, 9.17) is 4.74 Å². The first kappa shape index (κ1) is 13.4. The minimum Gasteiger partial charge on any atom is -0.495 e. The lowest BCUT2D eigenvalue weighted by molar-refractivity contribution is 0.416. The van der Waals surface area contributed by atoms with Crippen molar-refractivity contribution < 1.29 is 4.74 Å². The van der Waals surface area contributed by atoms with E-state index in [1.807, 2.05) is 31.2 Å². The van der Waals surface area contributed by atoms with Crippen LogP contribution >= 0.6 is 0 Å². The van der Waals surface area contributed by atoms with Gasteiger partial charge in [0.2, 0.25) is 0 Å². The summed E-state index contributed by atoms with van der Waals surface area (Å²) in [5, 5.41) is 7.57. The van der Waals surface area contributed by atoms with E-state index in [1.54, 1.807) is 11.6 Å². The molecule has 0 aliphatic carbocycles. The van der Waals surface area contributed by atoms with Crippen molar-refractivity contribution in [3.8, 4) is 5.75 Å². The predicted molar refractivity (Wildman–Crippen MR) is 81.2 cm³/mol. The highest BCUT2D eigenvalue weighted by Gasteiger charge is 2.10. The number of nitrogens with one attached hydrogen (secondary N) is 1. The van der Waals surface area contributed by atoms with Gasteiger partial charge in [-0.1, -0.05) is 13.0 Å². The summed E-state index contributed by atoms with van der Waals surface area (Å²) in [5.41, 5.74) is 3.00. The third-order valence-corrected chi connectivity index (χ3v) is 3.28. The lowest BCUT2D eigenvalue weighted by atomic mass is 10.2. The molecule has 0 atom stereocenters. The molecule has 0 saturated carbocycles. The third-order valence-electron chi connectivity index (χ3n) is 3.28. The van der Waals surface area contributed by atoms with Crippen LogP contribution in [0.5, 0.6) is 5.75 Å². The van der Waals surface area contributed by atoms with Gasteiger partial charge in [0.25, 0.3) is 5.78 Å². The van der Waals surface area contributed by atoms with Crippen molar-refractivity contribution in [1.29, 1.82) is 0 Å². The normalized spacial score (nSPS) is 10.8. The van der Waals surface area contributed by atoms with Crippen LogP contribution in [0.15, 0.2) is 30.6 Å². The molecule has 6 nitrogen and oxygen atoms in total. The van der Waals surface area contributed by atoms with Crippen LogP contribution in [-0.2, 0) is 6.42 Å². The van der Waals surface area contributed by atoms with Gasteiger partial charge in [0, 0.05) is 11.8 Å². The van der Waals surface area contributed by atoms with Gasteiger partial charge in [-0.2, -0.15) is 14.6 Å². The first-order valence-electron chi connectivity index (χ1n) is 6.82. The monoisotopic (exact) mass is 283 g/mol. The lowest BCUT2D eigenvalue weighted by Crippen LogP contribution is -2.04. The summed E-state index contributed by atoms with van der Waals surface area (Å²) >= 11 is 0. The Balaban J connectivity index is 2.09. The zero-order chi connectivity index (χ0) is 14.8. The number of benzene rings is 1. The van der Waals surface area contributed by atoms with E-state index in [2.05, 4.69) is 27.3 Å². The van der Waals surface area contributed by atoms with Crippen molar-refractivity contribution in [2.45, 2.75) is 20.3 Å². The molecule has 2 heterocycles. The number of methoxy groups -OCH3 is 1. The van der Waals surface area contributed by atoms with E-state index in [1.165, 1.54) is 6.33 Å². The molecule has 0 fully saturated rings. The topological polar surface area (TPSA) is 64.3 Å². The smallest absolute Gasteiger partial charge is 0.254 e. The molecule has 6 heteroatoms. The Morgan fingerprint density at radius 3 is 2.90 bits per heavy atom. The predicted octanol–water partition coefficient (Wildman–Crippen LogP) is 2.75. The number of fused-ring (bicyclic) bond motifs is 1. The molecule has 0 aliphatic rings. The summed E-state index contributed by atoms with van der Waals surface area (Å²) in [5.74, 6) is 2.19. The molecule has 21 heavy (non-hydrogen) atoms. The molecular formula is C15H17N5O. The van der Waals surface area contributed by atoms with Crippen molar-refractivity contribution in [2.24, 2.45) is 0 Å². The number of ether oxygens (including phenoxy) is 1. The maximum Gasteiger partial charge on any atom is 0.254 e. The van der Waals surface area contributed by atoms with Crippen LogP contribution in [0.4, 0.5) is 11.5 Å². The fourth-order valence-corrected chi connectivity index (χ4v) is 2.19. The van der Waals surface area contributed by atoms with Crippen LogP contribution in [0.2, 0.25) is 0 Å². The fraction of sp³-hybridized carbons (Fsp3) is 0.267. The number of aromatic nitrogens is 4.